The fraction of sp³-hybridized carbons (Fsp3) is 0.154. The summed E-state index contributed by atoms with van der Waals surface area (Å²) < 4.78 is 11.9. The van der Waals surface area contributed by atoms with Crippen molar-refractivity contribution >= 4 is 33.6 Å². The molecule has 18 heavy (non-hydrogen) atoms. The maximum Gasteiger partial charge on any atom is 0.162 e. The highest BCUT2D eigenvalue weighted by molar-refractivity contribution is 9.11. The van der Waals surface area contributed by atoms with E-state index < -0.39 is 0 Å². The topological polar surface area (TPSA) is 35.5 Å². The summed E-state index contributed by atoms with van der Waals surface area (Å²) in [6.45, 7) is 0.453. The standard InChI is InChI=1S/C13H11BrO3S/c1-16-11-4-2-9(7-15)6-12(11)17-8-10-3-5-13(14)18-10/h2-7H,8H2,1H3. The van der Waals surface area contributed by atoms with Crippen molar-refractivity contribution in [3.63, 3.8) is 0 Å². The van der Waals surface area contributed by atoms with E-state index in [1.165, 1.54) is 0 Å². The van der Waals surface area contributed by atoms with Crippen molar-refractivity contribution in [2.24, 2.45) is 0 Å². The first-order chi connectivity index (χ1) is 8.72. The maximum absolute atomic E-state index is 10.7. The van der Waals surface area contributed by atoms with Crippen LogP contribution in [0.1, 0.15) is 15.2 Å². The molecule has 0 saturated heterocycles. The minimum absolute atomic E-state index is 0.453. The average Bonchev–Trinajstić information content (AvgIpc) is 2.81. The van der Waals surface area contributed by atoms with E-state index >= 15 is 0 Å². The van der Waals surface area contributed by atoms with Crippen molar-refractivity contribution in [3.05, 3.63) is 44.6 Å². The monoisotopic (exact) mass is 326 g/mol. The Morgan fingerprint density at radius 2 is 2.11 bits per heavy atom. The number of carbonyl (C=O) groups excluding carboxylic acids is 1. The van der Waals surface area contributed by atoms with Crippen molar-refractivity contribution in [1.29, 1.82) is 0 Å². The Morgan fingerprint density at radius 3 is 2.72 bits per heavy atom. The van der Waals surface area contributed by atoms with Crippen LogP contribution in [0.3, 0.4) is 0 Å². The smallest absolute Gasteiger partial charge is 0.162 e. The molecule has 1 aromatic heterocycles. The van der Waals surface area contributed by atoms with Gasteiger partial charge in [0.2, 0.25) is 0 Å². The fourth-order valence-corrected chi connectivity index (χ4v) is 2.85. The zero-order valence-corrected chi connectivity index (χ0v) is 12.1. The molecule has 2 aromatic rings. The molecule has 0 spiro atoms. The molecule has 0 N–H and O–H groups in total. The molecule has 2 rings (SSSR count). The molecule has 0 fully saturated rings. The van der Waals surface area contributed by atoms with E-state index in [-0.39, 0.29) is 0 Å². The molecule has 0 radical (unpaired) electrons. The van der Waals surface area contributed by atoms with Crippen LogP contribution < -0.4 is 9.47 Å². The molecule has 0 aliphatic heterocycles. The van der Waals surface area contributed by atoms with E-state index in [1.807, 2.05) is 12.1 Å². The van der Waals surface area contributed by atoms with Gasteiger partial charge in [0, 0.05) is 10.4 Å². The number of thiophene rings is 1. The van der Waals surface area contributed by atoms with Gasteiger partial charge in [-0.3, -0.25) is 4.79 Å². The van der Waals surface area contributed by atoms with Gasteiger partial charge < -0.3 is 9.47 Å². The first-order valence-corrected chi connectivity index (χ1v) is 6.84. The van der Waals surface area contributed by atoms with Crippen molar-refractivity contribution in [3.8, 4) is 11.5 Å². The van der Waals surface area contributed by atoms with Gasteiger partial charge in [0.25, 0.3) is 0 Å². The van der Waals surface area contributed by atoms with Gasteiger partial charge in [-0.25, -0.2) is 0 Å². The van der Waals surface area contributed by atoms with Crippen molar-refractivity contribution in [2.75, 3.05) is 7.11 Å². The molecule has 5 heteroatoms. The van der Waals surface area contributed by atoms with E-state index in [1.54, 1.807) is 36.6 Å². The lowest BCUT2D eigenvalue weighted by molar-refractivity contribution is 0.112. The van der Waals surface area contributed by atoms with Crippen LogP contribution in [0.15, 0.2) is 34.1 Å². The third kappa shape index (κ3) is 3.11. The summed E-state index contributed by atoms with van der Waals surface area (Å²) in [6, 6.07) is 9.06. The van der Waals surface area contributed by atoms with Crippen LogP contribution in [0.2, 0.25) is 0 Å². The van der Waals surface area contributed by atoms with E-state index in [0.29, 0.717) is 23.7 Å². The lowest BCUT2D eigenvalue weighted by atomic mass is 10.2. The Kier molecular flexibility index (Phi) is 4.38. The van der Waals surface area contributed by atoms with Crippen LogP contribution in [0.5, 0.6) is 11.5 Å². The molecule has 1 heterocycles. The number of ether oxygens (including phenoxy) is 2. The molecule has 0 aliphatic rings. The Hall–Kier alpha value is -1.33. The molecule has 0 saturated carbocycles. The van der Waals surface area contributed by atoms with Crippen LogP contribution in [0, 0.1) is 0 Å². The van der Waals surface area contributed by atoms with Gasteiger partial charge in [0.1, 0.15) is 12.9 Å². The lowest BCUT2D eigenvalue weighted by Gasteiger charge is -2.10. The predicted octanol–water partition coefficient (Wildman–Crippen LogP) is 3.91. The van der Waals surface area contributed by atoms with Gasteiger partial charge in [-0.2, -0.15) is 0 Å². The lowest BCUT2D eigenvalue weighted by Crippen LogP contribution is -1.97. The molecular formula is C13H11BrO3S. The molecule has 1 aromatic carbocycles. The molecular weight excluding hydrogens is 316 g/mol. The maximum atomic E-state index is 10.7. The van der Waals surface area contributed by atoms with Gasteiger partial charge in [0.15, 0.2) is 11.5 Å². The molecule has 94 valence electrons. The molecule has 0 atom stereocenters. The quantitative estimate of drug-likeness (QED) is 0.781. The predicted molar refractivity (Wildman–Crippen MR) is 74.7 cm³/mol. The summed E-state index contributed by atoms with van der Waals surface area (Å²) in [7, 11) is 1.57. The van der Waals surface area contributed by atoms with Crippen LogP contribution in [-0.4, -0.2) is 13.4 Å². The van der Waals surface area contributed by atoms with E-state index in [2.05, 4.69) is 15.9 Å². The highest BCUT2D eigenvalue weighted by Gasteiger charge is 2.07. The summed E-state index contributed by atoms with van der Waals surface area (Å²) in [4.78, 5) is 11.8. The molecule has 3 nitrogen and oxygen atoms in total. The van der Waals surface area contributed by atoms with Crippen molar-refractivity contribution in [1.82, 2.24) is 0 Å². The van der Waals surface area contributed by atoms with Gasteiger partial charge in [-0.1, -0.05) is 0 Å². The zero-order chi connectivity index (χ0) is 13.0. The van der Waals surface area contributed by atoms with E-state index in [0.717, 1.165) is 14.9 Å². The van der Waals surface area contributed by atoms with Gasteiger partial charge >= 0.3 is 0 Å². The van der Waals surface area contributed by atoms with Crippen LogP contribution >= 0.6 is 27.3 Å². The SMILES string of the molecule is COc1ccc(C=O)cc1OCc1ccc(Br)s1. The van der Waals surface area contributed by atoms with Crippen LogP contribution in [0.25, 0.3) is 0 Å². The van der Waals surface area contributed by atoms with E-state index in [4.69, 9.17) is 9.47 Å². The average molecular weight is 327 g/mol. The second-order valence-corrected chi connectivity index (χ2v) is 6.07. The van der Waals surface area contributed by atoms with Gasteiger partial charge in [-0.15, -0.1) is 11.3 Å². The largest absolute Gasteiger partial charge is 0.493 e. The highest BCUT2D eigenvalue weighted by atomic mass is 79.9. The summed E-state index contributed by atoms with van der Waals surface area (Å²) in [6.07, 6.45) is 0.786. The second kappa shape index (κ2) is 6.02. The van der Waals surface area contributed by atoms with Crippen molar-refractivity contribution in [2.45, 2.75) is 6.61 Å². The number of rotatable bonds is 5. The molecule has 0 amide bonds. The third-order valence-electron chi connectivity index (χ3n) is 2.32. The third-order valence-corrected chi connectivity index (χ3v) is 3.92. The minimum Gasteiger partial charge on any atom is -0.493 e. The molecule has 0 unspecified atom stereocenters. The van der Waals surface area contributed by atoms with Gasteiger partial charge in [-0.05, 0) is 46.3 Å². The summed E-state index contributed by atoms with van der Waals surface area (Å²) in [5.41, 5.74) is 0.568. The molecule has 0 aliphatic carbocycles. The number of methoxy groups -OCH3 is 1. The summed E-state index contributed by atoms with van der Waals surface area (Å²) >= 11 is 5.01. The summed E-state index contributed by atoms with van der Waals surface area (Å²) in [5.74, 6) is 1.20. The summed E-state index contributed by atoms with van der Waals surface area (Å²) in [5, 5.41) is 0. The normalized spacial score (nSPS) is 10.1. The Balaban J connectivity index is 2.14. The number of hydrogen-bond donors (Lipinski definition) is 0. The Bertz CT molecular complexity index is 551. The Labute approximate surface area is 117 Å². The van der Waals surface area contributed by atoms with Crippen LogP contribution in [0.4, 0.5) is 0 Å². The fourth-order valence-electron chi connectivity index (χ4n) is 1.46. The van der Waals surface area contributed by atoms with Gasteiger partial charge in [0.05, 0.1) is 10.9 Å². The number of aldehydes is 1. The minimum atomic E-state index is 0.453. The number of carbonyl (C=O) groups is 1. The Morgan fingerprint density at radius 1 is 1.28 bits per heavy atom. The zero-order valence-electron chi connectivity index (χ0n) is 9.68. The highest BCUT2D eigenvalue weighted by Crippen LogP contribution is 2.29. The number of hydrogen-bond acceptors (Lipinski definition) is 4. The van der Waals surface area contributed by atoms with E-state index in [9.17, 15) is 4.79 Å². The second-order valence-electron chi connectivity index (χ2n) is 3.52. The van der Waals surface area contributed by atoms with Crippen molar-refractivity contribution < 1.29 is 14.3 Å². The number of halogens is 1. The first kappa shape index (κ1) is 13.1. The van der Waals surface area contributed by atoms with Crippen LogP contribution in [-0.2, 0) is 6.61 Å². The molecule has 0 bridgehead atoms. The number of benzene rings is 1. The first-order valence-electron chi connectivity index (χ1n) is 5.23.